The van der Waals surface area contributed by atoms with Crippen LogP contribution in [0.4, 0.5) is 0 Å². The van der Waals surface area contributed by atoms with Crippen LogP contribution in [0.15, 0.2) is 30.3 Å². The number of carbonyl (C=O) groups is 4. The highest BCUT2D eigenvalue weighted by molar-refractivity contribution is 5.97. The zero-order valence-corrected chi connectivity index (χ0v) is 20.6. The molecule has 0 spiro atoms. The normalized spacial score (nSPS) is 12.1. The van der Waals surface area contributed by atoms with Crippen LogP contribution in [0.5, 0.6) is 0 Å². The first-order chi connectivity index (χ1) is 16.1. The molecule has 0 heterocycles. The summed E-state index contributed by atoms with van der Waals surface area (Å²) in [6.07, 6.45) is 1.26. The summed E-state index contributed by atoms with van der Waals surface area (Å²) in [5, 5.41) is 2.96. The molecule has 1 aromatic carbocycles. The number of benzene rings is 1. The Hall–Kier alpha value is -2.62. The molecule has 9 nitrogen and oxygen atoms in total. The molecule has 0 aliphatic rings. The molecule has 1 rings (SSSR count). The first-order valence-corrected chi connectivity index (χ1v) is 11.4. The van der Waals surface area contributed by atoms with Crippen LogP contribution >= 0.6 is 0 Å². The van der Waals surface area contributed by atoms with Gasteiger partial charge in [0.15, 0.2) is 5.78 Å². The van der Waals surface area contributed by atoms with Crippen molar-refractivity contribution in [3.63, 3.8) is 0 Å². The van der Waals surface area contributed by atoms with Crippen LogP contribution in [-0.4, -0.2) is 75.2 Å². The standard InChI is InChI=1S/C25H37NO8/c1-25(2,3)34-24(30)21(26-17-22(28)19-9-6-5-7-10-19)13-12-20(27)11-8-14-32-15-16-33-18-23(29)31-4/h5-7,9-10,21,26H,8,11-18H2,1-4H3/t21-/m0/s1. The van der Waals surface area contributed by atoms with Gasteiger partial charge in [0, 0.05) is 25.0 Å². The van der Waals surface area contributed by atoms with E-state index in [1.165, 1.54) is 7.11 Å². The van der Waals surface area contributed by atoms with Crippen molar-refractivity contribution in [2.75, 3.05) is 40.1 Å². The predicted molar refractivity (Wildman–Crippen MR) is 126 cm³/mol. The Labute approximate surface area is 201 Å². The van der Waals surface area contributed by atoms with Gasteiger partial charge in [-0.1, -0.05) is 30.3 Å². The molecule has 9 heteroatoms. The van der Waals surface area contributed by atoms with E-state index in [2.05, 4.69) is 10.1 Å². The lowest BCUT2D eigenvalue weighted by molar-refractivity contribution is -0.157. The van der Waals surface area contributed by atoms with Gasteiger partial charge in [-0.05, 0) is 33.6 Å². The first kappa shape index (κ1) is 29.4. The van der Waals surface area contributed by atoms with Gasteiger partial charge in [-0.2, -0.15) is 0 Å². The van der Waals surface area contributed by atoms with Crippen LogP contribution in [0, 0.1) is 0 Å². The maximum Gasteiger partial charge on any atom is 0.331 e. The van der Waals surface area contributed by atoms with Crippen molar-refractivity contribution in [3.05, 3.63) is 35.9 Å². The second-order valence-corrected chi connectivity index (χ2v) is 8.68. The van der Waals surface area contributed by atoms with Gasteiger partial charge in [0.1, 0.15) is 24.0 Å². The van der Waals surface area contributed by atoms with Gasteiger partial charge in [0.05, 0.1) is 26.9 Å². The summed E-state index contributed by atoms with van der Waals surface area (Å²) in [4.78, 5) is 48.2. The number of Topliss-reactive ketones (excluding diaryl/α,β-unsaturated/α-hetero) is 2. The van der Waals surface area contributed by atoms with Crippen molar-refractivity contribution in [1.82, 2.24) is 5.32 Å². The Kier molecular flexibility index (Phi) is 13.9. The van der Waals surface area contributed by atoms with E-state index in [0.29, 0.717) is 31.6 Å². The molecule has 0 bridgehead atoms. The molecule has 190 valence electrons. The lowest BCUT2D eigenvalue weighted by Crippen LogP contribution is -2.43. The Balaban J connectivity index is 2.39. The van der Waals surface area contributed by atoms with Crippen molar-refractivity contribution < 1.29 is 38.1 Å². The Morgan fingerprint density at radius 2 is 1.62 bits per heavy atom. The Morgan fingerprint density at radius 3 is 2.26 bits per heavy atom. The molecular weight excluding hydrogens is 442 g/mol. The quantitative estimate of drug-likeness (QED) is 0.204. The lowest BCUT2D eigenvalue weighted by Gasteiger charge is -2.24. The molecule has 0 fully saturated rings. The Bertz CT molecular complexity index is 773. The summed E-state index contributed by atoms with van der Waals surface area (Å²) in [5.74, 6) is -1.09. The summed E-state index contributed by atoms with van der Waals surface area (Å²) in [7, 11) is 1.29. The predicted octanol–water partition coefficient (Wildman–Crippen LogP) is 2.50. The molecule has 0 aromatic heterocycles. The third kappa shape index (κ3) is 13.8. The fourth-order valence-electron chi connectivity index (χ4n) is 2.85. The second-order valence-electron chi connectivity index (χ2n) is 8.68. The minimum absolute atomic E-state index is 0.00436. The summed E-state index contributed by atoms with van der Waals surface area (Å²) in [6, 6.07) is 8.03. The van der Waals surface area contributed by atoms with E-state index in [4.69, 9.17) is 14.2 Å². The summed E-state index contributed by atoms with van der Waals surface area (Å²) < 4.78 is 20.3. The van der Waals surface area contributed by atoms with Gasteiger partial charge in [-0.25, -0.2) is 4.79 Å². The van der Waals surface area contributed by atoms with Crippen LogP contribution in [0.1, 0.15) is 56.8 Å². The SMILES string of the molecule is COC(=O)COCCOCCCC(=O)CC[C@H](NCC(=O)c1ccccc1)C(=O)OC(C)(C)C. The van der Waals surface area contributed by atoms with Crippen LogP contribution in [0.2, 0.25) is 0 Å². The summed E-state index contributed by atoms with van der Waals surface area (Å²) in [6.45, 7) is 6.09. The van der Waals surface area contributed by atoms with Crippen LogP contribution < -0.4 is 5.32 Å². The molecule has 0 saturated heterocycles. The second kappa shape index (κ2) is 16.1. The highest BCUT2D eigenvalue weighted by Crippen LogP contribution is 2.12. The average Bonchev–Trinajstić information content (AvgIpc) is 2.79. The molecule has 0 unspecified atom stereocenters. The zero-order valence-electron chi connectivity index (χ0n) is 20.6. The number of rotatable bonds is 17. The monoisotopic (exact) mass is 479 g/mol. The highest BCUT2D eigenvalue weighted by atomic mass is 16.6. The molecule has 0 aliphatic heterocycles. The fraction of sp³-hybridized carbons (Fsp3) is 0.600. The van der Waals surface area contributed by atoms with Gasteiger partial charge >= 0.3 is 11.9 Å². The topological polar surface area (TPSA) is 117 Å². The molecule has 1 atom stereocenters. The van der Waals surface area contributed by atoms with Crippen molar-refractivity contribution in [2.24, 2.45) is 0 Å². The summed E-state index contributed by atoms with van der Waals surface area (Å²) >= 11 is 0. The maximum absolute atomic E-state index is 12.6. The van der Waals surface area contributed by atoms with Crippen LogP contribution in [0.25, 0.3) is 0 Å². The molecule has 0 radical (unpaired) electrons. The molecule has 1 N–H and O–H groups in total. The molecule has 34 heavy (non-hydrogen) atoms. The third-order valence-electron chi connectivity index (χ3n) is 4.57. The van der Waals surface area contributed by atoms with E-state index >= 15 is 0 Å². The number of hydrogen-bond donors (Lipinski definition) is 1. The number of esters is 2. The van der Waals surface area contributed by atoms with Gasteiger partial charge in [-0.15, -0.1) is 0 Å². The number of ketones is 2. The third-order valence-corrected chi connectivity index (χ3v) is 4.57. The van der Waals surface area contributed by atoms with Gasteiger partial charge in [0.25, 0.3) is 0 Å². The number of carbonyl (C=O) groups excluding carboxylic acids is 4. The maximum atomic E-state index is 12.6. The van der Waals surface area contributed by atoms with E-state index in [9.17, 15) is 19.2 Å². The zero-order chi connectivity index (χ0) is 25.4. The van der Waals surface area contributed by atoms with E-state index < -0.39 is 23.6 Å². The number of methoxy groups -OCH3 is 1. The van der Waals surface area contributed by atoms with Crippen molar-refractivity contribution in [2.45, 2.75) is 58.1 Å². The number of nitrogens with one attached hydrogen (secondary N) is 1. The molecule has 0 amide bonds. The van der Waals surface area contributed by atoms with E-state index in [1.54, 1.807) is 45.0 Å². The van der Waals surface area contributed by atoms with Gasteiger partial charge < -0.3 is 18.9 Å². The average molecular weight is 480 g/mol. The van der Waals surface area contributed by atoms with Crippen molar-refractivity contribution in [1.29, 1.82) is 0 Å². The minimum atomic E-state index is -0.765. The van der Waals surface area contributed by atoms with Crippen LogP contribution in [-0.2, 0) is 33.3 Å². The smallest absolute Gasteiger partial charge is 0.331 e. The lowest BCUT2D eigenvalue weighted by atomic mass is 10.0. The first-order valence-electron chi connectivity index (χ1n) is 11.4. The molecule has 1 aromatic rings. The van der Waals surface area contributed by atoms with E-state index in [1.807, 2.05) is 6.07 Å². The van der Waals surface area contributed by atoms with Crippen LogP contribution in [0.3, 0.4) is 0 Å². The Morgan fingerprint density at radius 1 is 0.941 bits per heavy atom. The van der Waals surface area contributed by atoms with E-state index in [-0.39, 0.29) is 44.2 Å². The molecule has 0 saturated carbocycles. The van der Waals surface area contributed by atoms with Crippen molar-refractivity contribution in [3.8, 4) is 0 Å². The summed E-state index contributed by atoms with van der Waals surface area (Å²) in [5.41, 5.74) is -0.132. The molecule has 0 aliphatic carbocycles. The largest absolute Gasteiger partial charge is 0.467 e. The molecular formula is C25H37NO8. The number of hydrogen-bond acceptors (Lipinski definition) is 9. The minimum Gasteiger partial charge on any atom is -0.467 e. The van der Waals surface area contributed by atoms with E-state index in [0.717, 1.165) is 0 Å². The van der Waals surface area contributed by atoms with Gasteiger partial charge in [0.2, 0.25) is 0 Å². The van der Waals surface area contributed by atoms with Gasteiger partial charge in [-0.3, -0.25) is 19.7 Å². The fourth-order valence-corrected chi connectivity index (χ4v) is 2.85. The van der Waals surface area contributed by atoms with Crippen molar-refractivity contribution >= 4 is 23.5 Å². The highest BCUT2D eigenvalue weighted by Gasteiger charge is 2.26. The number of ether oxygens (including phenoxy) is 4.